The first-order valence-corrected chi connectivity index (χ1v) is 7.51. The molecule has 1 amide bonds. The molecular formula is C16H12F2N2OS. The van der Waals surface area contributed by atoms with Gasteiger partial charge in [-0.15, -0.1) is 11.3 Å². The SMILES string of the molecule is CC(NC(=O)c1ccc2ncsc2c1)c1ccc(F)cc1F. The number of fused-ring (bicyclic) bond motifs is 1. The number of carbonyl (C=O) groups excluding carboxylic acids is 1. The molecule has 22 heavy (non-hydrogen) atoms. The van der Waals surface area contributed by atoms with Gasteiger partial charge >= 0.3 is 0 Å². The molecule has 0 saturated heterocycles. The lowest BCUT2D eigenvalue weighted by Crippen LogP contribution is -2.27. The molecule has 112 valence electrons. The van der Waals surface area contributed by atoms with Crippen molar-refractivity contribution >= 4 is 27.5 Å². The zero-order chi connectivity index (χ0) is 15.7. The third-order valence-corrected chi connectivity index (χ3v) is 4.16. The Morgan fingerprint density at radius 2 is 2.05 bits per heavy atom. The fourth-order valence-electron chi connectivity index (χ4n) is 2.21. The molecule has 3 rings (SSSR count). The Morgan fingerprint density at radius 1 is 1.23 bits per heavy atom. The average molecular weight is 318 g/mol. The van der Waals surface area contributed by atoms with Crippen molar-refractivity contribution in [2.75, 3.05) is 0 Å². The van der Waals surface area contributed by atoms with Crippen LogP contribution in [0, 0.1) is 11.6 Å². The second kappa shape index (κ2) is 5.81. The van der Waals surface area contributed by atoms with Crippen LogP contribution in [0.1, 0.15) is 28.9 Å². The van der Waals surface area contributed by atoms with E-state index in [0.29, 0.717) is 5.56 Å². The highest BCUT2D eigenvalue weighted by molar-refractivity contribution is 7.16. The van der Waals surface area contributed by atoms with Crippen LogP contribution in [0.15, 0.2) is 41.9 Å². The Balaban J connectivity index is 1.80. The highest BCUT2D eigenvalue weighted by Gasteiger charge is 2.15. The number of halogens is 2. The van der Waals surface area contributed by atoms with Crippen molar-refractivity contribution in [3.05, 3.63) is 64.7 Å². The van der Waals surface area contributed by atoms with Gasteiger partial charge in [0, 0.05) is 17.2 Å². The summed E-state index contributed by atoms with van der Waals surface area (Å²) in [4.78, 5) is 16.4. The summed E-state index contributed by atoms with van der Waals surface area (Å²) in [5.41, 5.74) is 3.27. The molecule has 6 heteroatoms. The largest absolute Gasteiger partial charge is 0.345 e. The Hall–Kier alpha value is -2.34. The number of carbonyl (C=O) groups is 1. The molecule has 1 aromatic heterocycles. The second-order valence-corrected chi connectivity index (χ2v) is 5.78. The van der Waals surface area contributed by atoms with Gasteiger partial charge in [0.05, 0.1) is 21.8 Å². The van der Waals surface area contributed by atoms with Crippen LogP contribution in [0.2, 0.25) is 0 Å². The zero-order valence-electron chi connectivity index (χ0n) is 11.6. The van der Waals surface area contributed by atoms with Crippen molar-refractivity contribution in [2.45, 2.75) is 13.0 Å². The molecule has 0 fully saturated rings. The predicted octanol–water partition coefficient (Wildman–Crippen LogP) is 4.07. The van der Waals surface area contributed by atoms with E-state index in [1.54, 1.807) is 30.6 Å². The highest BCUT2D eigenvalue weighted by Crippen LogP contribution is 2.21. The number of amides is 1. The van der Waals surface area contributed by atoms with Gasteiger partial charge in [0.1, 0.15) is 11.6 Å². The molecule has 0 saturated carbocycles. The first kappa shape index (κ1) is 14.6. The Morgan fingerprint density at radius 3 is 2.82 bits per heavy atom. The topological polar surface area (TPSA) is 42.0 Å². The van der Waals surface area contributed by atoms with Crippen LogP contribution in [0.25, 0.3) is 10.2 Å². The molecule has 1 unspecified atom stereocenters. The number of hydrogen-bond acceptors (Lipinski definition) is 3. The smallest absolute Gasteiger partial charge is 0.251 e. The summed E-state index contributed by atoms with van der Waals surface area (Å²) in [5.74, 6) is -1.63. The minimum absolute atomic E-state index is 0.244. The van der Waals surface area contributed by atoms with Crippen molar-refractivity contribution in [1.29, 1.82) is 0 Å². The van der Waals surface area contributed by atoms with Crippen LogP contribution < -0.4 is 5.32 Å². The van der Waals surface area contributed by atoms with Gasteiger partial charge < -0.3 is 5.32 Å². The van der Waals surface area contributed by atoms with Gasteiger partial charge in [-0.25, -0.2) is 13.8 Å². The van der Waals surface area contributed by atoms with Gasteiger partial charge in [-0.3, -0.25) is 4.79 Å². The number of hydrogen-bond donors (Lipinski definition) is 1. The molecule has 3 aromatic rings. The zero-order valence-corrected chi connectivity index (χ0v) is 12.5. The maximum absolute atomic E-state index is 13.7. The third kappa shape index (κ3) is 2.82. The third-order valence-electron chi connectivity index (χ3n) is 3.37. The van der Waals surface area contributed by atoms with E-state index in [9.17, 15) is 13.6 Å². The molecule has 1 N–H and O–H groups in total. The van der Waals surface area contributed by atoms with Gasteiger partial charge in [-0.1, -0.05) is 6.07 Å². The van der Waals surface area contributed by atoms with E-state index in [0.717, 1.165) is 16.3 Å². The number of nitrogens with zero attached hydrogens (tertiary/aromatic N) is 1. The lowest BCUT2D eigenvalue weighted by atomic mass is 10.1. The summed E-state index contributed by atoms with van der Waals surface area (Å²) in [5, 5.41) is 2.71. The predicted molar refractivity (Wildman–Crippen MR) is 81.9 cm³/mol. The summed E-state index contributed by atoms with van der Waals surface area (Å²) in [6, 6.07) is 7.93. The highest BCUT2D eigenvalue weighted by atomic mass is 32.1. The molecule has 1 heterocycles. The normalized spacial score (nSPS) is 12.3. The summed E-state index contributed by atoms with van der Waals surface area (Å²) >= 11 is 1.45. The van der Waals surface area contributed by atoms with Gasteiger partial charge in [0.2, 0.25) is 0 Å². The van der Waals surface area contributed by atoms with Gasteiger partial charge in [0.15, 0.2) is 0 Å². The Bertz CT molecular complexity index is 847. The molecule has 0 radical (unpaired) electrons. The molecule has 0 aliphatic carbocycles. The van der Waals surface area contributed by atoms with E-state index in [2.05, 4.69) is 10.3 Å². The van der Waals surface area contributed by atoms with Crippen LogP contribution >= 0.6 is 11.3 Å². The first-order chi connectivity index (χ1) is 10.5. The Kier molecular flexibility index (Phi) is 3.85. The van der Waals surface area contributed by atoms with Crippen molar-refractivity contribution in [3.8, 4) is 0 Å². The standard InChI is InChI=1S/C16H12F2N2OS/c1-9(12-4-3-11(17)7-13(12)18)20-16(21)10-2-5-14-15(6-10)22-8-19-14/h2-9H,1H3,(H,20,21). The van der Waals surface area contributed by atoms with Crippen molar-refractivity contribution in [2.24, 2.45) is 0 Å². The number of thiazole rings is 1. The van der Waals surface area contributed by atoms with Gasteiger partial charge in [-0.2, -0.15) is 0 Å². The van der Waals surface area contributed by atoms with Crippen LogP contribution in [-0.4, -0.2) is 10.9 Å². The molecule has 0 aliphatic rings. The second-order valence-electron chi connectivity index (χ2n) is 4.90. The van der Waals surface area contributed by atoms with E-state index in [-0.39, 0.29) is 11.5 Å². The summed E-state index contributed by atoms with van der Waals surface area (Å²) in [6.07, 6.45) is 0. The molecule has 0 aliphatic heterocycles. The van der Waals surface area contributed by atoms with E-state index in [1.807, 2.05) is 0 Å². The summed E-state index contributed by atoms with van der Waals surface area (Å²) in [7, 11) is 0. The minimum atomic E-state index is -0.675. The van der Waals surface area contributed by atoms with E-state index < -0.39 is 17.7 Å². The molecule has 1 atom stereocenters. The molecule has 2 aromatic carbocycles. The number of aromatic nitrogens is 1. The maximum Gasteiger partial charge on any atom is 0.251 e. The summed E-state index contributed by atoms with van der Waals surface area (Å²) < 4.78 is 27.6. The van der Waals surface area contributed by atoms with Crippen LogP contribution in [0.4, 0.5) is 8.78 Å². The fourth-order valence-corrected chi connectivity index (χ4v) is 2.92. The quantitative estimate of drug-likeness (QED) is 0.791. The molecular weight excluding hydrogens is 306 g/mol. The number of benzene rings is 2. The minimum Gasteiger partial charge on any atom is -0.345 e. The number of nitrogens with one attached hydrogen (secondary N) is 1. The Labute approximate surface area is 129 Å². The average Bonchev–Trinajstić information content (AvgIpc) is 2.94. The van der Waals surface area contributed by atoms with Crippen LogP contribution in [-0.2, 0) is 0 Å². The van der Waals surface area contributed by atoms with Gasteiger partial charge in [-0.05, 0) is 31.2 Å². The van der Waals surface area contributed by atoms with Crippen LogP contribution in [0.3, 0.4) is 0 Å². The molecule has 0 spiro atoms. The van der Waals surface area contributed by atoms with E-state index in [4.69, 9.17) is 0 Å². The fraction of sp³-hybridized carbons (Fsp3) is 0.125. The first-order valence-electron chi connectivity index (χ1n) is 6.63. The maximum atomic E-state index is 13.7. The van der Waals surface area contributed by atoms with E-state index >= 15 is 0 Å². The van der Waals surface area contributed by atoms with Crippen molar-refractivity contribution in [3.63, 3.8) is 0 Å². The van der Waals surface area contributed by atoms with Gasteiger partial charge in [0.25, 0.3) is 5.91 Å². The number of rotatable bonds is 3. The lowest BCUT2D eigenvalue weighted by molar-refractivity contribution is 0.0939. The molecule has 3 nitrogen and oxygen atoms in total. The molecule has 0 bridgehead atoms. The summed E-state index contributed by atoms with van der Waals surface area (Å²) in [6.45, 7) is 1.65. The van der Waals surface area contributed by atoms with Crippen molar-refractivity contribution < 1.29 is 13.6 Å². The monoisotopic (exact) mass is 318 g/mol. The van der Waals surface area contributed by atoms with E-state index in [1.165, 1.54) is 23.5 Å². The van der Waals surface area contributed by atoms with Crippen molar-refractivity contribution in [1.82, 2.24) is 10.3 Å². The van der Waals surface area contributed by atoms with Crippen LogP contribution in [0.5, 0.6) is 0 Å². The lowest BCUT2D eigenvalue weighted by Gasteiger charge is -2.15.